The molecule has 5 nitrogen and oxygen atoms in total. The number of carboxylic acids is 1. The molecule has 2 rings (SSSR count). The molecule has 0 fully saturated rings. The first-order chi connectivity index (χ1) is 12.9. The van der Waals surface area contributed by atoms with Crippen LogP contribution in [0.25, 0.3) is 11.1 Å². The number of aromatic carboxylic acids is 1. The molecule has 0 amide bonds. The standard InChI is InChI=1S/C22H26O5/c1-4-5-8-15(2)26-16(3)22(25)27-20-10-7-6-9-19(20)17-11-13-18(14-12-17)21(23)24/h6-7,9-16H,4-5,8H2,1-3H3,(H,23,24). The van der Waals surface area contributed by atoms with Crippen LogP contribution in [0, 0.1) is 0 Å². The van der Waals surface area contributed by atoms with E-state index in [1.54, 1.807) is 31.2 Å². The molecule has 0 aliphatic rings. The maximum atomic E-state index is 12.4. The van der Waals surface area contributed by atoms with E-state index in [0.29, 0.717) is 11.3 Å². The molecule has 0 spiro atoms. The van der Waals surface area contributed by atoms with Gasteiger partial charge in [-0.2, -0.15) is 0 Å². The highest BCUT2D eigenvalue weighted by molar-refractivity contribution is 5.88. The van der Waals surface area contributed by atoms with E-state index in [1.807, 2.05) is 19.1 Å². The van der Waals surface area contributed by atoms with E-state index in [9.17, 15) is 9.59 Å². The molecule has 0 aliphatic heterocycles. The normalized spacial score (nSPS) is 13.0. The number of rotatable bonds is 9. The number of ether oxygens (including phenoxy) is 2. The van der Waals surface area contributed by atoms with E-state index in [2.05, 4.69) is 6.92 Å². The van der Waals surface area contributed by atoms with E-state index >= 15 is 0 Å². The summed E-state index contributed by atoms with van der Waals surface area (Å²) in [6, 6.07) is 13.6. The molecule has 0 radical (unpaired) electrons. The minimum absolute atomic E-state index is 0.00805. The Morgan fingerprint density at radius 3 is 2.33 bits per heavy atom. The number of carboxylic acid groups (broad SMARTS) is 1. The molecular weight excluding hydrogens is 344 g/mol. The Hall–Kier alpha value is -2.66. The highest BCUT2D eigenvalue weighted by atomic mass is 16.6. The van der Waals surface area contributed by atoms with Crippen molar-refractivity contribution < 1.29 is 24.2 Å². The smallest absolute Gasteiger partial charge is 0.340 e. The van der Waals surface area contributed by atoms with Crippen LogP contribution in [0.15, 0.2) is 48.5 Å². The van der Waals surface area contributed by atoms with Gasteiger partial charge in [0.15, 0.2) is 6.10 Å². The molecule has 0 aromatic heterocycles. The second-order valence-corrected chi connectivity index (χ2v) is 6.53. The van der Waals surface area contributed by atoms with Gasteiger partial charge in [0.2, 0.25) is 0 Å². The van der Waals surface area contributed by atoms with Crippen molar-refractivity contribution in [1.82, 2.24) is 0 Å². The van der Waals surface area contributed by atoms with E-state index in [1.165, 1.54) is 12.1 Å². The zero-order valence-electron chi connectivity index (χ0n) is 16.0. The van der Waals surface area contributed by atoms with Crippen molar-refractivity contribution in [1.29, 1.82) is 0 Å². The van der Waals surface area contributed by atoms with Gasteiger partial charge in [-0.1, -0.05) is 50.1 Å². The summed E-state index contributed by atoms with van der Waals surface area (Å²) in [6.07, 6.45) is 2.37. The van der Waals surface area contributed by atoms with Crippen LogP contribution in [0.1, 0.15) is 50.4 Å². The molecule has 5 heteroatoms. The van der Waals surface area contributed by atoms with Crippen molar-refractivity contribution in [2.75, 3.05) is 0 Å². The van der Waals surface area contributed by atoms with Gasteiger partial charge in [0.05, 0.1) is 11.7 Å². The highest BCUT2D eigenvalue weighted by Gasteiger charge is 2.20. The van der Waals surface area contributed by atoms with E-state index < -0.39 is 18.0 Å². The topological polar surface area (TPSA) is 72.8 Å². The zero-order chi connectivity index (χ0) is 19.8. The number of carbonyl (C=O) groups is 2. The Kier molecular flexibility index (Phi) is 7.55. The van der Waals surface area contributed by atoms with Gasteiger partial charge in [0.25, 0.3) is 0 Å². The second-order valence-electron chi connectivity index (χ2n) is 6.53. The van der Waals surface area contributed by atoms with Crippen LogP contribution in [-0.2, 0) is 9.53 Å². The van der Waals surface area contributed by atoms with Gasteiger partial charge < -0.3 is 14.6 Å². The largest absolute Gasteiger partial charge is 0.478 e. The molecule has 0 bridgehead atoms. The van der Waals surface area contributed by atoms with E-state index in [4.69, 9.17) is 14.6 Å². The first-order valence-electron chi connectivity index (χ1n) is 9.22. The minimum Gasteiger partial charge on any atom is -0.478 e. The maximum Gasteiger partial charge on any atom is 0.340 e. The van der Waals surface area contributed by atoms with Crippen LogP contribution in [0.5, 0.6) is 5.75 Å². The highest BCUT2D eigenvalue weighted by Crippen LogP contribution is 2.30. The second kappa shape index (κ2) is 9.88. The lowest BCUT2D eigenvalue weighted by Gasteiger charge is -2.19. The summed E-state index contributed by atoms with van der Waals surface area (Å²) >= 11 is 0. The third-order valence-electron chi connectivity index (χ3n) is 4.27. The summed E-state index contributed by atoms with van der Waals surface area (Å²) in [5, 5.41) is 9.02. The fourth-order valence-electron chi connectivity index (χ4n) is 2.74. The Morgan fingerprint density at radius 1 is 1.04 bits per heavy atom. The summed E-state index contributed by atoms with van der Waals surface area (Å²) < 4.78 is 11.3. The lowest BCUT2D eigenvalue weighted by Crippen LogP contribution is -2.29. The number of hydrogen-bond donors (Lipinski definition) is 1. The molecule has 2 aromatic carbocycles. The molecular formula is C22H26O5. The maximum absolute atomic E-state index is 12.4. The van der Waals surface area contributed by atoms with Crippen LogP contribution in [0.2, 0.25) is 0 Å². The van der Waals surface area contributed by atoms with Crippen molar-refractivity contribution in [3.05, 3.63) is 54.1 Å². The lowest BCUT2D eigenvalue weighted by atomic mass is 10.0. The molecule has 0 saturated carbocycles. The van der Waals surface area contributed by atoms with Crippen LogP contribution in [0.3, 0.4) is 0 Å². The Bertz CT molecular complexity index is 767. The van der Waals surface area contributed by atoms with Gasteiger partial charge in [-0.15, -0.1) is 0 Å². The molecule has 1 N–H and O–H groups in total. The number of hydrogen-bond acceptors (Lipinski definition) is 4. The molecule has 0 aliphatic carbocycles. The molecule has 0 saturated heterocycles. The van der Waals surface area contributed by atoms with Crippen molar-refractivity contribution >= 4 is 11.9 Å². The molecule has 0 heterocycles. The van der Waals surface area contributed by atoms with Gasteiger partial charge in [-0.3, -0.25) is 0 Å². The third-order valence-corrected chi connectivity index (χ3v) is 4.27. The minimum atomic E-state index is -0.982. The van der Waals surface area contributed by atoms with Crippen molar-refractivity contribution in [3.8, 4) is 16.9 Å². The van der Waals surface area contributed by atoms with Crippen LogP contribution >= 0.6 is 0 Å². The van der Waals surface area contributed by atoms with Gasteiger partial charge in [-0.05, 0) is 44.0 Å². The van der Waals surface area contributed by atoms with Crippen LogP contribution < -0.4 is 4.74 Å². The number of esters is 1. The fraction of sp³-hybridized carbons (Fsp3) is 0.364. The zero-order valence-corrected chi connectivity index (χ0v) is 16.0. The number of unbranched alkanes of at least 4 members (excludes halogenated alkanes) is 1. The van der Waals surface area contributed by atoms with Crippen molar-refractivity contribution in [2.24, 2.45) is 0 Å². The Balaban J connectivity index is 2.11. The number of para-hydroxylation sites is 1. The van der Waals surface area contributed by atoms with Gasteiger partial charge in [0, 0.05) is 5.56 Å². The van der Waals surface area contributed by atoms with E-state index in [0.717, 1.165) is 24.8 Å². The van der Waals surface area contributed by atoms with Crippen molar-refractivity contribution in [2.45, 2.75) is 52.2 Å². The Morgan fingerprint density at radius 2 is 1.70 bits per heavy atom. The molecule has 2 unspecified atom stereocenters. The van der Waals surface area contributed by atoms with Gasteiger partial charge in [-0.25, -0.2) is 9.59 Å². The molecule has 2 atom stereocenters. The summed E-state index contributed by atoms with van der Waals surface area (Å²) in [4.78, 5) is 23.4. The summed E-state index contributed by atoms with van der Waals surface area (Å²) in [5.41, 5.74) is 1.69. The van der Waals surface area contributed by atoms with E-state index in [-0.39, 0.29) is 11.7 Å². The summed E-state index contributed by atoms with van der Waals surface area (Å²) in [6.45, 7) is 5.76. The predicted molar refractivity (Wildman–Crippen MR) is 104 cm³/mol. The molecule has 144 valence electrons. The van der Waals surface area contributed by atoms with Gasteiger partial charge in [0.1, 0.15) is 5.75 Å². The first kappa shape index (κ1) is 20.6. The number of benzene rings is 2. The van der Waals surface area contributed by atoms with Gasteiger partial charge >= 0.3 is 11.9 Å². The summed E-state index contributed by atoms with van der Waals surface area (Å²) in [7, 11) is 0. The SMILES string of the molecule is CCCCC(C)OC(C)C(=O)Oc1ccccc1-c1ccc(C(=O)O)cc1. The number of carbonyl (C=O) groups excluding carboxylic acids is 1. The quantitative estimate of drug-likeness (QED) is 0.500. The van der Waals surface area contributed by atoms with Crippen LogP contribution in [0.4, 0.5) is 0 Å². The van der Waals surface area contributed by atoms with Crippen LogP contribution in [-0.4, -0.2) is 29.3 Å². The fourth-order valence-corrected chi connectivity index (χ4v) is 2.74. The third kappa shape index (κ3) is 5.93. The predicted octanol–water partition coefficient (Wildman–Crippen LogP) is 4.94. The Labute approximate surface area is 159 Å². The first-order valence-corrected chi connectivity index (χ1v) is 9.22. The van der Waals surface area contributed by atoms with Crippen molar-refractivity contribution in [3.63, 3.8) is 0 Å². The average molecular weight is 370 g/mol. The molecule has 2 aromatic rings. The summed E-state index contributed by atoms with van der Waals surface area (Å²) in [5.74, 6) is -1.01. The molecule has 27 heavy (non-hydrogen) atoms. The monoisotopic (exact) mass is 370 g/mol. The lowest BCUT2D eigenvalue weighted by molar-refractivity contribution is -0.149. The average Bonchev–Trinajstić information content (AvgIpc) is 2.66.